The van der Waals surface area contributed by atoms with Gasteiger partial charge in [-0.15, -0.1) is 0 Å². The van der Waals surface area contributed by atoms with Crippen molar-refractivity contribution < 1.29 is 0 Å². The number of rotatable bonds is 3. The molecule has 2 aromatic rings. The lowest BCUT2D eigenvalue weighted by molar-refractivity contribution is 0.498. The predicted octanol–water partition coefficient (Wildman–Crippen LogP) is 2.81. The number of aromatic nitrogens is 1. The summed E-state index contributed by atoms with van der Waals surface area (Å²) in [6.07, 6.45) is 5.84. The standard InChI is InChI=1S/C15H16N2/c16-15(12-5-3-7-17-10-12)9-13-8-11-4-1-2-6-14(11)13/h1-7,10,13,15H,8-9,16H2. The fraction of sp³-hybridized carbons (Fsp3) is 0.267. The van der Waals surface area contributed by atoms with Gasteiger partial charge in [0.1, 0.15) is 0 Å². The molecule has 2 N–H and O–H groups in total. The average molecular weight is 224 g/mol. The highest BCUT2D eigenvalue weighted by Gasteiger charge is 2.27. The van der Waals surface area contributed by atoms with Gasteiger partial charge in [-0.05, 0) is 41.5 Å². The van der Waals surface area contributed by atoms with E-state index in [1.807, 2.05) is 12.3 Å². The Labute approximate surface area is 102 Å². The Kier molecular flexibility index (Phi) is 2.65. The molecule has 2 atom stereocenters. The van der Waals surface area contributed by atoms with Gasteiger partial charge in [0, 0.05) is 18.4 Å². The zero-order valence-corrected chi connectivity index (χ0v) is 9.71. The number of nitrogens with zero attached hydrogens (tertiary/aromatic N) is 1. The van der Waals surface area contributed by atoms with Crippen LogP contribution in [-0.2, 0) is 6.42 Å². The normalized spacial score (nSPS) is 19.2. The Bertz CT molecular complexity index is 507. The number of nitrogens with two attached hydrogens (primary N) is 1. The lowest BCUT2D eigenvalue weighted by Crippen LogP contribution is -2.22. The van der Waals surface area contributed by atoms with Crippen LogP contribution in [-0.4, -0.2) is 4.98 Å². The Hall–Kier alpha value is -1.67. The molecule has 17 heavy (non-hydrogen) atoms. The third kappa shape index (κ3) is 1.96. The molecule has 0 spiro atoms. The number of pyridine rings is 1. The Morgan fingerprint density at radius 2 is 2.12 bits per heavy atom. The maximum absolute atomic E-state index is 6.22. The summed E-state index contributed by atoms with van der Waals surface area (Å²) in [6, 6.07) is 12.8. The molecule has 0 fully saturated rings. The SMILES string of the molecule is NC(CC1Cc2ccccc21)c1cccnc1. The maximum atomic E-state index is 6.22. The molecule has 0 bridgehead atoms. The van der Waals surface area contributed by atoms with Gasteiger partial charge in [-0.25, -0.2) is 0 Å². The van der Waals surface area contributed by atoms with Gasteiger partial charge in [-0.1, -0.05) is 30.3 Å². The van der Waals surface area contributed by atoms with E-state index in [-0.39, 0.29) is 6.04 Å². The molecular formula is C15H16N2. The van der Waals surface area contributed by atoms with E-state index in [1.165, 1.54) is 17.5 Å². The molecule has 0 aliphatic heterocycles. The Balaban J connectivity index is 1.70. The van der Waals surface area contributed by atoms with Crippen LogP contribution in [0, 0.1) is 0 Å². The highest BCUT2D eigenvalue weighted by Crippen LogP contribution is 2.39. The van der Waals surface area contributed by atoms with Gasteiger partial charge in [-0.2, -0.15) is 0 Å². The molecule has 0 saturated carbocycles. The molecule has 1 aliphatic rings. The van der Waals surface area contributed by atoms with Crippen molar-refractivity contribution in [2.45, 2.75) is 24.8 Å². The molecule has 2 unspecified atom stereocenters. The molecule has 3 rings (SSSR count). The molecule has 1 aromatic heterocycles. The van der Waals surface area contributed by atoms with Crippen molar-refractivity contribution in [1.29, 1.82) is 0 Å². The van der Waals surface area contributed by atoms with E-state index < -0.39 is 0 Å². The summed E-state index contributed by atoms with van der Waals surface area (Å²) in [5.41, 5.74) is 10.3. The fourth-order valence-electron chi connectivity index (χ4n) is 2.61. The average Bonchev–Trinajstić information content (AvgIpc) is 2.37. The van der Waals surface area contributed by atoms with Gasteiger partial charge < -0.3 is 5.73 Å². The van der Waals surface area contributed by atoms with E-state index >= 15 is 0 Å². The summed E-state index contributed by atoms with van der Waals surface area (Å²) in [5, 5.41) is 0. The molecule has 0 saturated heterocycles. The molecule has 86 valence electrons. The first-order valence-electron chi connectivity index (χ1n) is 6.08. The molecule has 0 amide bonds. The van der Waals surface area contributed by atoms with Crippen molar-refractivity contribution in [2.24, 2.45) is 5.73 Å². The van der Waals surface area contributed by atoms with Crippen LogP contribution in [0.4, 0.5) is 0 Å². The summed E-state index contributed by atoms with van der Waals surface area (Å²) >= 11 is 0. The van der Waals surface area contributed by atoms with Crippen LogP contribution >= 0.6 is 0 Å². The van der Waals surface area contributed by atoms with E-state index in [1.54, 1.807) is 6.20 Å². The second-order valence-electron chi connectivity index (χ2n) is 4.73. The topological polar surface area (TPSA) is 38.9 Å². The maximum Gasteiger partial charge on any atom is 0.0316 e. The molecule has 1 aromatic carbocycles. The van der Waals surface area contributed by atoms with Crippen LogP contribution in [0.1, 0.15) is 35.1 Å². The highest BCUT2D eigenvalue weighted by molar-refractivity contribution is 5.40. The van der Waals surface area contributed by atoms with Gasteiger partial charge in [-0.3, -0.25) is 4.98 Å². The van der Waals surface area contributed by atoms with Crippen LogP contribution in [0.15, 0.2) is 48.8 Å². The zero-order valence-electron chi connectivity index (χ0n) is 9.71. The quantitative estimate of drug-likeness (QED) is 0.870. The predicted molar refractivity (Wildman–Crippen MR) is 68.7 cm³/mol. The first-order chi connectivity index (χ1) is 8.34. The number of benzene rings is 1. The van der Waals surface area contributed by atoms with Crippen LogP contribution in [0.5, 0.6) is 0 Å². The van der Waals surface area contributed by atoms with E-state index in [2.05, 4.69) is 35.3 Å². The molecule has 0 radical (unpaired) electrons. The monoisotopic (exact) mass is 224 g/mol. The number of hydrogen-bond acceptors (Lipinski definition) is 2. The van der Waals surface area contributed by atoms with E-state index in [0.29, 0.717) is 5.92 Å². The van der Waals surface area contributed by atoms with Gasteiger partial charge in [0.25, 0.3) is 0 Å². The van der Waals surface area contributed by atoms with Gasteiger partial charge >= 0.3 is 0 Å². The van der Waals surface area contributed by atoms with Gasteiger partial charge in [0.05, 0.1) is 0 Å². The van der Waals surface area contributed by atoms with Crippen molar-refractivity contribution in [2.75, 3.05) is 0 Å². The first-order valence-corrected chi connectivity index (χ1v) is 6.08. The first kappa shape index (κ1) is 10.5. The summed E-state index contributed by atoms with van der Waals surface area (Å²) in [7, 11) is 0. The Morgan fingerprint density at radius 1 is 1.24 bits per heavy atom. The summed E-state index contributed by atoms with van der Waals surface area (Å²) < 4.78 is 0. The van der Waals surface area contributed by atoms with Crippen LogP contribution in [0.25, 0.3) is 0 Å². The summed E-state index contributed by atoms with van der Waals surface area (Å²) in [6.45, 7) is 0. The third-order valence-corrected chi connectivity index (χ3v) is 3.61. The summed E-state index contributed by atoms with van der Waals surface area (Å²) in [5.74, 6) is 0.626. The van der Waals surface area contributed by atoms with Gasteiger partial charge in [0.15, 0.2) is 0 Å². The second-order valence-corrected chi connectivity index (χ2v) is 4.73. The van der Waals surface area contributed by atoms with Crippen molar-refractivity contribution in [1.82, 2.24) is 4.98 Å². The lowest BCUT2D eigenvalue weighted by atomic mass is 9.74. The third-order valence-electron chi connectivity index (χ3n) is 3.61. The van der Waals surface area contributed by atoms with E-state index in [0.717, 1.165) is 12.0 Å². The van der Waals surface area contributed by atoms with Crippen molar-refractivity contribution in [3.63, 3.8) is 0 Å². The van der Waals surface area contributed by atoms with Crippen LogP contribution < -0.4 is 5.73 Å². The molecule has 2 heteroatoms. The van der Waals surface area contributed by atoms with Crippen LogP contribution in [0.2, 0.25) is 0 Å². The number of hydrogen-bond donors (Lipinski definition) is 1. The minimum atomic E-state index is 0.0991. The van der Waals surface area contributed by atoms with Crippen molar-refractivity contribution >= 4 is 0 Å². The second kappa shape index (κ2) is 4.30. The lowest BCUT2D eigenvalue weighted by Gasteiger charge is -2.32. The largest absolute Gasteiger partial charge is 0.324 e. The molecular weight excluding hydrogens is 208 g/mol. The van der Waals surface area contributed by atoms with Crippen molar-refractivity contribution in [3.05, 3.63) is 65.5 Å². The Morgan fingerprint density at radius 3 is 2.88 bits per heavy atom. The fourth-order valence-corrected chi connectivity index (χ4v) is 2.61. The number of fused-ring (bicyclic) bond motifs is 1. The minimum absolute atomic E-state index is 0.0991. The van der Waals surface area contributed by atoms with E-state index in [4.69, 9.17) is 5.73 Å². The molecule has 1 aliphatic carbocycles. The van der Waals surface area contributed by atoms with E-state index in [9.17, 15) is 0 Å². The summed E-state index contributed by atoms with van der Waals surface area (Å²) in [4.78, 5) is 4.12. The van der Waals surface area contributed by atoms with Crippen molar-refractivity contribution in [3.8, 4) is 0 Å². The molecule has 1 heterocycles. The minimum Gasteiger partial charge on any atom is -0.324 e. The molecule has 2 nitrogen and oxygen atoms in total. The smallest absolute Gasteiger partial charge is 0.0316 e. The van der Waals surface area contributed by atoms with Crippen LogP contribution in [0.3, 0.4) is 0 Å². The highest BCUT2D eigenvalue weighted by atomic mass is 14.7. The van der Waals surface area contributed by atoms with Gasteiger partial charge in [0.2, 0.25) is 0 Å². The zero-order chi connectivity index (χ0) is 11.7.